The fourth-order valence-electron chi connectivity index (χ4n) is 8.39. The molecule has 0 aliphatic heterocycles. The molecule has 8 nitrogen and oxygen atoms in total. The molecule has 0 aromatic carbocycles. The van der Waals surface area contributed by atoms with Crippen molar-refractivity contribution in [1.29, 1.82) is 0 Å². The number of carbonyl (C=O) groups is 1. The van der Waals surface area contributed by atoms with Crippen molar-refractivity contribution in [2.24, 2.45) is 0 Å². The summed E-state index contributed by atoms with van der Waals surface area (Å²) in [6.07, 6.45) is 65.0. The molecule has 1 amide bonds. The fourth-order valence-corrected chi connectivity index (χ4v) is 9.11. The second-order valence-corrected chi connectivity index (χ2v) is 22.0. The molecule has 0 bridgehead atoms. The molecule has 0 fully saturated rings. The highest BCUT2D eigenvalue weighted by atomic mass is 31.2. The molecule has 0 aliphatic carbocycles. The molecule has 0 aliphatic rings. The van der Waals surface area contributed by atoms with E-state index in [-0.39, 0.29) is 19.1 Å². The number of quaternary nitrogens is 1. The van der Waals surface area contributed by atoms with Crippen molar-refractivity contribution in [3.05, 3.63) is 48.6 Å². The minimum absolute atomic E-state index is 0.0130. The van der Waals surface area contributed by atoms with Crippen molar-refractivity contribution in [2.75, 3.05) is 40.9 Å². The van der Waals surface area contributed by atoms with Crippen LogP contribution in [0.15, 0.2) is 48.6 Å². The average molecular weight is 964 g/mol. The van der Waals surface area contributed by atoms with Gasteiger partial charge in [-0.05, 0) is 51.4 Å². The number of aliphatic hydroxyl groups is 1. The molecule has 0 radical (unpaired) electrons. The predicted octanol–water partition coefficient (Wildman–Crippen LogP) is 16.5. The van der Waals surface area contributed by atoms with E-state index in [2.05, 4.69) is 67.8 Å². The maximum Gasteiger partial charge on any atom is 0.268 e. The van der Waals surface area contributed by atoms with Crippen LogP contribution in [0.25, 0.3) is 0 Å². The summed E-state index contributed by atoms with van der Waals surface area (Å²) in [6.45, 7) is 4.55. The third kappa shape index (κ3) is 52.1. The highest BCUT2D eigenvalue weighted by molar-refractivity contribution is 7.45. The highest BCUT2D eigenvalue weighted by Crippen LogP contribution is 2.38. The van der Waals surface area contributed by atoms with Crippen molar-refractivity contribution in [3.8, 4) is 0 Å². The maximum atomic E-state index is 12.8. The number of allylic oxidation sites excluding steroid dienone is 8. The normalized spacial score (nSPS) is 14.3. The first-order valence-electron chi connectivity index (χ1n) is 28.5. The van der Waals surface area contributed by atoms with Gasteiger partial charge in [0.2, 0.25) is 5.91 Å². The van der Waals surface area contributed by atoms with Crippen LogP contribution >= 0.6 is 7.82 Å². The van der Waals surface area contributed by atoms with Crippen molar-refractivity contribution in [2.45, 2.75) is 276 Å². The van der Waals surface area contributed by atoms with E-state index in [1.807, 2.05) is 21.1 Å². The number of nitrogens with zero attached hydrogens (tertiary/aromatic N) is 1. The standard InChI is InChI=1S/C58H111N2O6P/c1-6-8-10-12-14-15-16-17-18-19-20-21-22-23-24-25-26-27-28-29-30-31-32-33-34-35-36-37-38-39-40-41-42-43-44-45-46-48-50-52-58(62)59-56(57(61)51-49-47-13-11-9-7-2)55-66-67(63,64)65-54-53-60(3,4)5/h8,10,14-15,17-18,20-21,56-57,61H,6-7,9,11-13,16,19,22-55H2,1-5H3,(H-,59,62,63,64)/b10-8-,15-14-,18-17-,21-20-. The summed E-state index contributed by atoms with van der Waals surface area (Å²) in [5, 5.41) is 13.8. The number of phosphoric acid groups is 1. The third-order valence-corrected chi connectivity index (χ3v) is 13.8. The van der Waals surface area contributed by atoms with E-state index >= 15 is 0 Å². The van der Waals surface area contributed by atoms with Gasteiger partial charge in [-0.2, -0.15) is 0 Å². The van der Waals surface area contributed by atoms with Gasteiger partial charge < -0.3 is 28.8 Å². The Hall–Kier alpha value is -1.54. The zero-order chi connectivity index (χ0) is 49.2. The minimum Gasteiger partial charge on any atom is -0.756 e. The molecule has 0 saturated carbocycles. The predicted molar refractivity (Wildman–Crippen MR) is 288 cm³/mol. The molecule has 394 valence electrons. The summed E-state index contributed by atoms with van der Waals surface area (Å²) >= 11 is 0. The lowest BCUT2D eigenvalue weighted by molar-refractivity contribution is -0.870. The first kappa shape index (κ1) is 65.5. The Morgan fingerprint density at radius 2 is 0.910 bits per heavy atom. The lowest BCUT2D eigenvalue weighted by Crippen LogP contribution is -2.46. The molecule has 0 spiro atoms. The largest absolute Gasteiger partial charge is 0.756 e. The SMILES string of the molecule is CC/C=C\C/C=C\C/C=C\C/C=C\CCCCCCCCCCCCCCCCCCCCCCCCCCCCC(=O)NC(COP(=O)([O-])OCC[N+](C)(C)C)C(O)CCCCCCCC. The Morgan fingerprint density at radius 3 is 1.33 bits per heavy atom. The Balaban J connectivity index is 3.70. The molecule has 2 N–H and O–H groups in total. The zero-order valence-corrected chi connectivity index (χ0v) is 45.7. The molecule has 67 heavy (non-hydrogen) atoms. The molecule has 3 atom stereocenters. The number of amides is 1. The first-order chi connectivity index (χ1) is 32.5. The van der Waals surface area contributed by atoms with Crippen LogP contribution in [0.2, 0.25) is 0 Å². The first-order valence-corrected chi connectivity index (χ1v) is 29.9. The van der Waals surface area contributed by atoms with Crippen LogP contribution in [0.4, 0.5) is 0 Å². The molecule has 0 saturated heterocycles. The van der Waals surface area contributed by atoms with E-state index in [9.17, 15) is 19.4 Å². The van der Waals surface area contributed by atoms with Gasteiger partial charge in [0.1, 0.15) is 13.2 Å². The summed E-state index contributed by atoms with van der Waals surface area (Å²) < 4.78 is 23.2. The molecular formula is C58H111N2O6P. The monoisotopic (exact) mass is 963 g/mol. The van der Waals surface area contributed by atoms with Crippen molar-refractivity contribution in [1.82, 2.24) is 5.32 Å². The summed E-state index contributed by atoms with van der Waals surface area (Å²) in [5.74, 6) is -0.166. The number of aliphatic hydroxyl groups excluding tert-OH is 1. The minimum atomic E-state index is -4.55. The lowest BCUT2D eigenvalue weighted by atomic mass is 10.0. The van der Waals surface area contributed by atoms with Gasteiger partial charge in [0.15, 0.2) is 0 Å². The van der Waals surface area contributed by atoms with Gasteiger partial charge >= 0.3 is 0 Å². The van der Waals surface area contributed by atoms with Crippen LogP contribution in [0.1, 0.15) is 264 Å². The van der Waals surface area contributed by atoms with Crippen LogP contribution < -0.4 is 10.2 Å². The Morgan fingerprint density at radius 1 is 0.537 bits per heavy atom. The number of rotatable bonds is 52. The van der Waals surface area contributed by atoms with Gasteiger partial charge in [-0.15, -0.1) is 0 Å². The summed E-state index contributed by atoms with van der Waals surface area (Å²) in [5.41, 5.74) is 0. The second-order valence-electron chi connectivity index (χ2n) is 20.6. The van der Waals surface area contributed by atoms with E-state index in [4.69, 9.17) is 9.05 Å². The molecule has 3 unspecified atom stereocenters. The average Bonchev–Trinajstić information content (AvgIpc) is 3.29. The van der Waals surface area contributed by atoms with Gasteiger partial charge in [0.05, 0.1) is 39.9 Å². The Labute approximate surface area is 416 Å². The lowest BCUT2D eigenvalue weighted by Gasteiger charge is -2.30. The fraction of sp³-hybridized carbons (Fsp3) is 0.845. The van der Waals surface area contributed by atoms with E-state index in [1.54, 1.807) is 0 Å². The van der Waals surface area contributed by atoms with Crippen molar-refractivity contribution < 1.29 is 32.9 Å². The van der Waals surface area contributed by atoms with Gasteiger partial charge in [-0.25, -0.2) is 0 Å². The topological polar surface area (TPSA) is 108 Å². The van der Waals surface area contributed by atoms with Crippen LogP contribution in [-0.2, 0) is 18.4 Å². The van der Waals surface area contributed by atoms with E-state index in [0.717, 1.165) is 64.2 Å². The number of hydrogen-bond donors (Lipinski definition) is 2. The van der Waals surface area contributed by atoms with Gasteiger partial charge in [0.25, 0.3) is 7.82 Å². The summed E-state index contributed by atoms with van der Waals surface area (Å²) in [4.78, 5) is 25.3. The van der Waals surface area contributed by atoms with Crippen molar-refractivity contribution in [3.63, 3.8) is 0 Å². The molecule has 0 heterocycles. The number of unbranched alkanes of at least 4 members (excludes halogenated alkanes) is 31. The van der Waals surface area contributed by atoms with Crippen molar-refractivity contribution >= 4 is 13.7 Å². The highest BCUT2D eigenvalue weighted by Gasteiger charge is 2.24. The number of likely N-dealkylation sites (N-methyl/N-ethyl adjacent to an activating group) is 1. The quantitative estimate of drug-likeness (QED) is 0.0272. The van der Waals surface area contributed by atoms with Crippen LogP contribution in [-0.4, -0.2) is 68.5 Å². The van der Waals surface area contributed by atoms with Crippen LogP contribution in [0.5, 0.6) is 0 Å². The number of carbonyl (C=O) groups excluding carboxylic acids is 1. The number of phosphoric ester groups is 1. The van der Waals surface area contributed by atoms with E-state index in [0.29, 0.717) is 23.9 Å². The zero-order valence-electron chi connectivity index (χ0n) is 44.9. The van der Waals surface area contributed by atoms with E-state index in [1.165, 1.54) is 173 Å². The number of hydrogen-bond acceptors (Lipinski definition) is 6. The molecule has 0 rings (SSSR count). The van der Waals surface area contributed by atoms with E-state index < -0.39 is 20.0 Å². The number of nitrogens with one attached hydrogen (secondary N) is 1. The smallest absolute Gasteiger partial charge is 0.268 e. The van der Waals surface area contributed by atoms with Crippen LogP contribution in [0.3, 0.4) is 0 Å². The second kappa shape index (κ2) is 49.4. The third-order valence-electron chi connectivity index (χ3n) is 12.8. The summed E-state index contributed by atoms with van der Waals surface area (Å²) in [6, 6.07) is -0.795. The Kier molecular flexibility index (Phi) is 48.3. The van der Waals surface area contributed by atoms with Gasteiger partial charge in [0, 0.05) is 6.42 Å². The molecular weight excluding hydrogens is 852 g/mol. The van der Waals surface area contributed by atoms with Gasteiger partial charge in [-0.1, -0.05) is 255 Å². The maximum absolute atomic E-state index is 12.8. The van der Waals surface area contributed by atoms with Gasteiger partial charge in [-0.3, -0.25) is 9.36 Å². The Bertz CT molecular complexity index is 1230. The summed E-state index contributed by atoms with van der Waals surface area (Å²) in [7, 11) is 1.31. The molecule has 0 aromatic heterocycles. The molecule has 9 heteroatoms. The van der Waals surface area contributed by atoms with Crippen LogP contribution in [0, 0.1) is 0 Å². The molecule has 0 aromatic rings.